The number of hydrogen-bond acceptors (Lipinski definition) is 7. The summed E-state index contributed by atoms with van der Waals surface area (Å²) in [6, 6.07) is 9.59. The Morgan fingerprint density at radius 3 is 2.45 bits per heavy atom. The van der Waals surface area contributed by atoms with E-state index in [9.17, 15) is 4.79 Å². The average molecular weight is 391 g/mol. The molecule has 0 unspecified atom stereocenters. The molecule has 2 fully saturated rings. The molecule has 0 aromatic carbocycles. The van der Waals surface area contributed by atoms with Gasteiger partial charge in [0.1, 0.15) is 17.6 Å². The van der Waals surface area contributed by atoms with Gasteiger partial charge in [-0.05, 0) is 43.9 Å². The highest BCUT2D eigenvalue weighted by molar-refractivity contribution is 5.79. The van der Waals surface area contributed by atoms with Crippen LogP contribution in [-0.4, -0.2) is 58.0 Å². The minimum Gasteiger partial charge on any atom is -0.367 e. The molecule has 1 aliphatic carbocycles. The first-order valence-electron chi connectivity index (χ1n) is 10.2. The van der Waals surface area contributed by atoms with Crippen LogP contribution in [0.1, 0.15) is 31.4 Å². The summed E-state index contributed by atoms with van der Waals surface area (Å²) in [7, 11) is 0. The molecule has 2 aromatic rings. The van der Waals surface area contributed by atoms with Crippen molar-refractivity contribution < 1.29 is 4.79 Å². The highest BCUT2D eigenvalue weighted by Gasteiger charge is 2.31. The van der Waals surface area contributed by atoms with Gasteiger partial charge in [0.15, 0.2) is 0 Å². The maximum absolute atomic E-state index is 13.0. The summed E-state index contributed by atoms with van der Waals surface area (Å²) in [6.45, 7) is 2.99. The lowest BCUT2D eigenvalue weighted by atomic mass is 9.85. The van der Waals surface area contributed by atoms with Crippen molar-refractivity contribution in [2.45, 2.75) is 31.7 Å². The van der Waals surface area contributed by atoms with Crippen LogP contribution in [-0.2, 0) is 4.79 Å². The molecule has 8 nitrogen and oxygen atoms in total. The topological polar surface area (TPSA) is 98.0 Å². The number of rotatable bonds is 4. The number of carbonyl (C=O) groups excluding carboxylic acids is 1. The van der Waals surface area contributed by atoms with E-state index in [2.05, 4.69) is 31.2 Å². The molecule has 0 radical (unpaired) electrons. The van der Waals surface area contributed by atoms with Gasteiger partial charge in [0.2, 0.25) is 11.9 Å². The second-order valence-corrected chi connectivity index (χ2v) is 7.57. The standard InChI is InChI=1S/C21H25N7O/c22-15-18-3-1-4-19(26-18)25-17-7-5-16(6-8-17)20(29)27-11-13-28(14-12-27)21-23-9-2-10-24-21/h1-4,9-10,16-17H,5-8,11-14H2,(H,25,26). The zero-order chi connectivity index (χ0) is 20.1. The number of carbonyl (C=O) groups is 1. The molecule has 8 heteroatoms. The number of amides is 1. The number of piperazine rings is 1. The molecule has 4 rings (SSSR count). The van der Waals surface area contributed by atoms with Crippen molar-refractivity contribution in [1.82, 2.24) is 19.9 Å². The molecule has 29 heavy (non-hydrogen) atoms. The van der Waals surface area contributed by atoms with Gasteiger partial charge in [-0.25, -0.2) is 15.0 Å². The molecule has 2 aliphatic rings. The van der Waals surface area contributed by atoms with E-state index < -0.39 is 0 Å². The summed E-state index contributed by atoms with van der Waals surface area (Å²) < 4.78 is 0. The summed E-state index contributed by atoms with van der Waals surface area (Å²) in [5.41, 5.74) is 0.416. The zero-order valence-electron chi connectivity index (χ0n) is 16.4. The summed E-state index contributed by atoms with van der Waals surface area (Å²) in [4.78, 5) is 30.0. The van der Waals surface area contributed by atoms with E-state index in [-0.39, 0.29) is 11.8 Å². The molecule has 2 aromatic heterocycles. The second kappa shape index (κ2) is 8.86. The largest absolute Gasteiger partial charge is 0.367 e. The number of nitriles is 1. The summed E-state index contributed by atoms with van der Waals surface area (Å²) in [5, 5.41) is 12.4. The average Bonchev–Trinajstić information content (AvgIpc) is 2.80. The maximum atomic E-state index is 13.0. The highest BCUT2D eigenvalue weighted by Crippen LogP contribution is 2.28. The molecule has 1 saturated heterocycles. The van der Waals surface area contributed by atoms with Crippen LogP contribution >= 0.6 is 0 Å². The van der Waals surface area contributed by atoms with E-state index in [1.165, 1.54) is 0 Å². The molecule has 0 atom stereocenters. The van der Waals surface area contributed by atoms with Crippen molar-refractivity contribution in [3.63, 3.8) is 0 Å². The lowest BCUT2D eigenvalue weighted by molar-refractivity contribution is -0.136. The Labute approximate surface area is 170 Å². The van der Waals surface area contributed by atoms with E-state index >= 15 is 0 Å². The number of aromatic nitrogens is 3. The Morgan fingerprint density at radius 1 is 1.03 bits per heavy atom. The monoisotopic (exact) mass is 391 g/mol. The molecular weight excluding hydrogens is 366 g/mol. The van der Waals surface area contributed by atoms with E-state index in [1.807, 2.05) is 23.1 Å². The third-order valence-corrected chi connectivity index (χ3v) is 5.72. The Bertz CT molecular complexity index is 866. The molecular formula is C21H25N7O. The lowest BCUT2D eigenvalue weighted by Gasteiger charge is -2.38. The normalized spacial score (nSPS) is 22.0. The SMILES string of the molecule is N#Cc1cccc(NC2CCC(C(=O)N3CCN(c4ncccn4)CC3)CC2)n1. The van der Waals surface area contributed by atoms with Crippen LogP contribution in [0.15, 0.2) is 36.7 Å². The van der Waals surface area contributed by atoms with Crippen LogP contribution in [0.4, 0.5) is 11.8 Å². The predicted molar refractivity (Wildman–Crippen MR) is 109 cm³/mol. The molecule has 1 saturated carbocycles. The van der Waals surface area contributed by atoms with Crippen LogP contribution in [0.5, 0.6) is 0 Å². The smallest absolute Gasteiger partial charge is 0.225 e. The predicted octanol–water partition coefficient (Wildman–Crippen LogP) is 2.06. The fourth-order valence-corrected chi connectivity index (χ4v) is 4.11. The minimum absolute atomic E-state index is 0.103. The molecule has 0 bridgehead atoms. The third-order valence-electron chi connectivity index (χ3n) is 5.72. The van der Waals surface area contributed by atoms with Crippen molar-refractivity contribution in [2.24, 2.45) is 5.92 Å². The van der Waals surface area contributed by atoms with Gasteiger partial charge in [-0.15, -0.1) is 0 Å². The van der Waals surface area contributed by atoms with Crippen molar-refractivity contribution in [2.75, 3.05) is 36.4 Å². The number of hydrogen-bond donors (Lipinski definition) is 1. The Kier molecular flexibility index (Phi) is 5.84. The molecule has 150 valence electrons. The first-order valence-corrected chi connectivity index (χ1v) is 10.2. The van der Waals surface area contributed by atoms with Gasteiger partial charge in [-0.2, -0.15) is 5.26 Å². The Morgan fingerprint density at radius 2 is 1.76 bits per heavy atom. The quantitative estimate of drug-likeness (QED) is 0.852. The van der Waals surface area contributed by atoms with E-state index in [1.54, 1.807) is 18.5 Å². The van der Waals surface area contributed by atoms with Gasteiger partial charge in [0, 0.05) is 50.5 Å². The number of anilines is 2. The van der Waals surface area contributed by atoms with E-state index in [0.717, 1.165) is 63.6 Å². The van der Waals surface area contributed by atoms with Gasteiger partial charge < -0.3 is 15.1 Å². The van der Waals surface area contributed by atoms with Crippen molar-refractivity contribution in [3.05, 3.63) is 42.4 Å². The van der Waals surface area contributed by atoms with E-state index in [4.69, 9.17) is 5.26 Å². The van der Waals surface area contributed by atoms with Crippen molar-refractivity contribution in [1.29, 1.82) is 5.26 Å². The fraction of sp³-hybridized carbons (Fsp3) is 0.476. The minimum atomic E-state index is 0.103. The summed E-state index contributed by atoms with van der Waals surface area (Å²) in [5.74, 6) is 1.85. The van der Waals surface area contributed by atoms with Gasteiger partial charge in [0.05, 0.1) is 0 Å². The number of nitrogens with zero attached hydrogens (tertiary/aromatic N) is 6. The van der Waals surface area contributed by atoms with Crippen LogP contribution in [0.2, 0.25) is 0 Å². The van der Waals surface area contributed by atoms with E-state index in [0.29, 0.717) is 11.7 Å². The van der Waals surface area contributed by atoms with Crippen LogP contribution in [0, 0.1) is 17.2 Å². The maximum Gasteiger partial charge on any atom is 0.225 e. The molecule has 1 N–H and O–H groups in total. The Hall–Kier alpha value is -3.21. The number of nitrogens with one attached hydrogen (secondary N) is 1. The van der Waals surface area contributed by atoms with Gasteiger partial charge in [-0.1, -0.05) is 6.07 Å². The third kappa shape index (κ3) is 4.62. The summed E-state index contributed by atoms with van der Waals surface area (Å²) >= 11 is 0. The Balaban J connectivity index is 1.25. The first-order chi connectivity index (χ1) is 14.2. The fourth-order valence-electron chi connectivity index (χ4n) is 4.11. The van der Waals surface area contributed by atoms with Crippen LogP contribution < -0.4 is 10.2 Å². The van der Waals surface area contributed by atoms with Gasteiger partial charge in [0.25, 0.3) is 0 Å². The lowest BCUT2D eigenvalue weighted by Crippen LogP contribution is -2.51. The summed E-state index contributed by atoms with van der Waals surface area (Å²) in [6.07, 6.45) is 7.14. The van der Waals surface area contributed by atoms with Crippen LogP contribution in [0.3, 0.4) is 0 Å². The number of pyridine rings is 1. The van der Waals surface area contributed by atoms with Crippen molar-refractivity contribution in [3.8, 4) is 6.07 Å². The molecule has 0 spiro atoms. The first kappa shape index (κ1) is 19.1. The molecule has 1 aliphatic heterocycles. The molecule has 3 heterocycles. The highest BCUT2D eigenvalue weighted by atomic mass is 16.2. The molecule has 1 amide bonds. The second-order valence-electron chi connectivity index (χ2n) is 7.57. The van der Waals surface area contributed by atoms with Gasteiger partial charge >= 0.3 is 0 Å². The van der Waals surface area contributed by atoms with Crippen LogP contribution in [0.25, 0.3) is 0 Å². The zero-order valence-corrected chi connectivity index (χ0v) is 16.4. The van der Waals surface area contributed by atoms with Gasteiger partial charge in [-0.3, -0.25) is 4.79 Å². The van der Waals surface area contributed by atoms with Crippen molar-refractivity contribution >= 4 is 17.7 Å².